The molecule has 5 heteroatoms. The van der Waals surface area contributed by atoms with E-state index < -0.39 is 11.6 Å². The molecule has 0 aliphatic heterocycles. The maximum atomic E-state index is 12.2. The van der Waals surface area contributed by atoms with Crippen molar-refractivity contribution in [2.24, 2.45) is 5.73 Å². The number of hydrogen-bond acceptors (Lipinski definition) is 5. The van der Waals surface area contributed by atoms with E-state index in [4.69, 9.17) is 15.2 Å². The fourth-order valence-corrected chi connectivity index (χ4v) is 2.53. The van der Waals surface area contributed by atoms with Gasteiger partial charge in [-0.25, -0.2) is 0 Å². The van der Waals surface area contributed by atoms with Crippen LogP contribution in [0.5, 0.6) is 11.5 Å². The van der Waals surface area contributed by atoms with Gasteiger partial charge in [-0.05, 0) is 37.0 Å². The second-order valence-electron chi connectivity index (χ2n) is 4.81. The summed E-state index contributed by atoms with van der Waals surface area (Å²) < 4.78 is 10.4. The number of Topliss-reactive ketones (excluding diaryl/α,β-unsaturated/α-hetero) is 1. The minimum Gasteiger partial charge on any atom is -0.493 e. The Morgan fingerprint density at radius 3 is 2.63 bits per heavy atom. The molecule has 1 saturated carbocycles. The minimum absolute atomic E-state index is 0.328. The summed E-state index contributed by atoms with van der Waals surface area (Å²) in [4.78, 5) is 12.2. The molecule has 1 aromatic rings. The van der Waals surface area contributed by atoms with Gasteiger partial charge in [0.1, 0.15) is 11.6 Å². The lowest BCUT2D eigenvalue weighted by Gasteiger charge is -2.35. The fourth-order valence-electron chi connectivity index (χ4n) is 2.53. The molecule has 2 rings (SSSR count). The summed E-state index contributed by atoms with van der Waals surface area (Å²) in [7, 11) is 3.08. The summed E-state index contributed by atoms with van der Waals surface area (Å²) in [6.07, 6.45) is 0.744. The van der Waals surface area contributed by atoms with Gasteiger partial charge in [0.2, 0.25) is 0 Å². The Labute approximate surface area is 112 Å². The highest BCUT2D eigenvalue weighted by Gasteiger charge is 2.42. The topological polar surface area (TPSA) is 81.8 Å². The number of benzene rings is 1. The van der Waals surface area contributed by atoms with E-state index in [-0.39, 0.29) is 5.78 Å². The molecule has 0 aromatic heterocycles. The van der Waals surface area contributed by atoms with E-state index in [0.29, 0.717) is 29.9 Å². The Balaban J connectivity index is 2.42. The third-order valence-electron chi connectivity index (χ3n) is 3.69. The van der Waals surface area contributed by atoms with Crippen molar-refractivity contribution in [3.8, 4) is 11.5 Å². The molecule has 0 spiro atoms. The summed E-state index contributed by atoms with van der Waals surface area (Å²) in [6.45, 7) is 0. The predicted molar refractivity (Wildman–Crippen MR) is 70.3 cm³/mol. The van der Waals surface area contributed by atoms with Crippen LogP contribution in [-0.4, -0.2) is 31.2 Å². The zero-order valence-electron chi connectivity index (χ0n) is 11.2. The molecule has 0 bridgehead atoms. The van der Waals surface area contributed by atoms with Crippen LogP contribution in [-0.2, 0) is 10.3 Å². The van der Waals surface area contributed by atoms with Gasteiger partial charge in [-0.2, -0.15) is 0 Å². The summed E-state index contributed by atoms with van der Waals surface area (Å²) >= 11 is 0. The van der Waals surface area contributed by atoms with Crippen molar-refractivity contribution < 1.29 is 19.4 Å². The van der Waals surface area contributed by atoms with Gasteiger partial charge in [-0.15, -0.1) is 0 Å². The average molecular weight is 265 g/mol. The van der Waals surface area contributed by atoms with Crippen molar-refractivity contribution in [2.45, 2.75) is 30.9 Å². The number of carbonyl (C=O) groups excluding carboxylic acids is 1. The van der Waals surface area contributed by atoms with E-state index in [1.807, 2.05) is 0 Å². The molecule has 0 amide bonds. The van der Waals surface area contributed by atoms with Gasteiger partial charge >= 0.3 is 0 Å². The standard InChI is InChI=1S/C14H19NO4/c1-18-11-6-5-9(8-12(11)19-2)14(15)7-3-4-10(16)13(14)17/h5-6,8,10,16H,3-4,7,15H2,1-2H3. The van der Waals surface area contributed by atoms with Crippen molar-refractivity contribution in [3.63, 3.8) is 0 Å². The molecule has 1 aliphatic rings. The van der Waals surface area contributed by atoms with Crippen molar-refractivity contribution >= 4 is 5.78 Å². The molecule has 104 valence electrons. The predicted octanol–water partition coefficient (Wildman–Crippen LogP) is 0.972. The lowest BCUT2D eigenvalue weighted by Crippen LogP contribution is -2.52. The summed E-state index contributed by atoms with van der Waals surface area (Å²) in [6, 6.07) is 5.17. The average Bonchev–Trinajstić information content (AvgIpc) is 2.43. The number of aliphatic hydroxyl groups excluding tert-OH is 1. The van der Waals surface area contributed by atoms with Crippen molar-refractivity contribution in [1.29, 1.82) is 0 Å². The Morgan fingerprint density at radius 2 is 2.00 bits per heavy atom. The first-order chi connectivity index (χ1) is 9.02. The second-order valence-corrected chi connectivity index (χ2v) is 4.81. The van der Waals surface area contributed by atoms with E-state index in [2.05, 4.69) is 0 Å². The van der Waals surface area contributed by atoms with Crippen LogP contribution in [0.4, 0.5) is 0 Å². The highest BCUT2D eigenvalue weighted by atomic mass is 16.5. The lowest BCUT2D eigenvalue weighted by molar-refractivity contribution is -0.136. The number of ether oxygens (including phenoxy) is 2. The Hall–Kier alpha value is -1.59. The molecule has 5 nitrogen and oxygen atoms in total. The third-order valence-corrected chi connectivity index (χ3v) is 3.69. The SMILES string of the molecule is COc1ccc(C2(N)CCCC(O)C2=O)cc1OC. The van der Waals surface area contributed by atoms with Crippen molar-refractivity contribution in [3.05, 3.63) is 23.8 Å². The fraction of sp³-hybridized carbons (Fsp3) is 0.500. The van der Waals surface area contributed by atoms with Crippen LogP contribution in [0.3, 0.4) is 0 Å². The van der Waals surface area contributed by atoms with Crippen LogP contribution in [0.1, 0.15) is 24.8 Å². The minimum atomic E-state index is -1.14. The maximum Gasteiger partial charge on any atom is 0.185 e. The highest BCUT2D eigenvalue weighted by molar-refractivity contribution is 5.93. The molecule has 2 unspecified atom stereocenters. The van der Waals surface area contributed by atoms with Crippen molar-refractivity contribution in [2.75, 3.05) is 14.2 Å². The monoisotopic (exact) mass is 265 g/mol. The van der Waals surface area contributed by atoms with E-state index in [1.54, 1.807) is 25.3 Å². The number of aliphatic hydroxyl groups is 1. The largest absolute Gasteiger partial charge is 0.493 e. The Bertz CT molecular complexity index is 488. The zero-order valence-corrected chi connectivity index (χ0v) is 11.2. The van der Waals surface area contributed by atoms with Crippen LogP contribution in [0.2, 0.25) is 0 Å². The van der Waals surface area contributed by atoms with E-state index in [9.17, 15) is 9.90 Å². The molecular formula is C14H19NO4. The quantitative estimate of drug-likeness (QED) is 0.851. The zero-order chi connectivity index (χ0) is 14.0. The third kappa shape index (κ3) is 2.31. The van der Waals surface area contributed by atoms with Crippen LogP contribution in [0.25, 0.3) is 0 Å². The molecule has 1 aromatic carbocycles. The van der Waals surface area contributed by atoms with Gasteiger partial charge in [-0.1, -0.05) is 6.07 Å². The summed E-state index contributed by atoms with van der Waals surface area (Å²) in [5.74, 6) is 0.780. The molecule has 0 radical (unpaired) electrons. The molecule has 3 N–H and O–H groups in total. The highest BCUT2D eigenvalue weighted by Crippen LogP contribution is 2.36. The molecule has 0 heterocycles. The van der Waals surface area contributed by atoms with Gasteiger partial charge in [0.25, 0.3) is 0 Å². The van der Waals surface area contributed by atoms with E-state index in [0.717, 1.165) is 6.42 Å². The van der Waals surface area contributed by atoms with Crippen LogP contribution in [0, 0.1) is 0 Å². The van der Waals surface area contributed by atoms with Gasteiger partial charge in [0.05, 0.1) is 14.2 Å². The molecule has 1 fully saturated rings. The molecule has 2 atom stereocenters. The molecule has 0 saturated heterocycles. The lowest BCUT2D eigenvalue weighted by atomic mass is 9.75. The normalized spacial score (nSPS) is 27.2. The van der Waals surface area contributed by atoms with Gasteiger partial charge in [0, 0.05) is 0 Å². The Morgan fingerprint density at radius 1 is 1.32 bits per heavy atom. The van der Waals surface area contributed by atoms with Crippen molar-refractivity contribution in [1.82, 2.24) is 0 Å². The van der Waals surface area contributed by atoms with Crippen LogP contribution < -0.4 is 15.2 Å². The number of nitrogens with two attached hydrogens (primary N) is 1. The first-order valence-corrected chi connectivity index (χ1v) is 6.26. The first-order valence-electron chi connectivity index (χ1n) is 6.26. The van der Waals surface area contributed by atoms with E-state index in [1.165, 1.54) is 7.11 Å². The van der Waals surface area contributed by atoms with Gasteiger partial charge < -0.3 is 20.3 Å². The summed E-state index contributed by atoms with van der Waals surface area (Å²) in [5, 5.41) is 9.72. The maximum absolute atomic E-state index is 12.2. The second kappa shape index (κ2) is 5.19. The van der Waals surface area contributed by atoms with Crippen LogP contribution in [0.15, 0.2) is 18.2 Å². The number of ketones is 1. The molecule has 1 aliphatic carbocycles. The number of rotatable bonds is 3. The number of carbonyl (C=O) groups is 1. The Kier molecular flexibility index (Phi) is 3.78. The molecule has 19 heavy (non-hydrogen) atoms. The van der Waals surface area contributed by atoms with Gasteiger partial charge in [-0.3, -0.25) is 4.79 Å². The van der Waals surface area contributed by atoms with Crippen LogP contribution >= 0.6 is 0 Å². The molecular weight excluding hydrogens is 246 g/mol. The smallest absolute Gasteiger partial charge is 0.185 e. The summed E-state index contributed by atoms with van der Waals surface area (Å²) in [5.41, 5.74) is 5.73. The number of methoxy groups -OCH3 is 2. The first kappa shape index (κ1) is 13.8. The van der Waals surface area contributed by atoms with E-state index >= 15 is 0 Å². The van der Waals surface area contributed by atoms with Gasteiger partial charge in [0.15, 0.2) is 17.3 Å². The number of hydrogen-bond donors (Lipinski definition) is 2.